The van der Waals surface area contributed by atoms with Crippen LogP contribution in [0.4, 0.5) is 0 Å². The largest absolute Gasteiger partial charge is 1.00 e. The van der Waals surface area contributed by atoms with Crippen molar-refractivity contribution in [2.24, 2.45) is 0 Å². The maximum Gasteiger partial charge on any atom is 0.178 e. The maximum absolute atomic E-state index is 2.28. The number of benzene rings is 1. The van der Waals surface area contributed by atoms with Crippen molar-refractivity contribution in [1.29, 1.82) is 0 Å². The fourth-order valence-electron chi connectivity index (χ4n) is 1.71. The molecule has 0 unspecified atom stereocenters. The van der Waals surface area contributed by atoms with Gasteiger partial charge >= 0.3 is 0 Å². The summed E-state index contributed by atoms with van der Waals surface area (Å²) in [6.07, 6.45) is 3.23. The average Bonchev–Trinajstić information content (AvgIpc) is 2.29. The summed E-state index contributed by atoms with van der Waals surface area (Å²) in [5.41, 5.74) is 2.71. The van der Waals surface area contributed by atoms with Crippen LogP contribution >= 0.6 is 0 Å². The number of halogens is 1. The normalized spacial score (nSPS) is 9.56. The van der Waals surface area contributed by atoms with E-state index in [-0.39, 0.29) is 12.4 Å². The number of rotatable bonds is 3. The predicted octanol–water partition coefficient (Wildman–Crippen LogP) is -0.471. The van der Waals surface area contributed by atoms with Crippen molar-refractivity contribution in [2.45, 2.75) is 19.9 Å². The number of aromatic nitrogens is 1. The molecule has 0 aliphatic carbocycles. The monoisotopic (exact) mass is 233 g/mol. The number of nitrogens with zero attached hydrogens (tertiary/aromatic N) is 1. The van der Waals surface area contributed by atoms with Gasteiger partial charge in [0, 0.05) is 25.5 Å². The summed E-state index contributed by atoms with van der Waals surface area (Å²) in [7, 11) is 0. The number of pyridine rings is 1. The van der Waals surface area contributed by atoms with Gasteiger partial charge in [-0.2, -0.15) is 0 Å². The highest BCUT2D eigenvalue weighted by Gasteiger charge is 2.03. The van der Waals surface area contributed by atoms with Gasteiger partial charge in [-0.25, -0.2) is 4.57 Å². The Morgan fingerprint density at radius 2 is 1.62 bits per heavy atom. The van der Waals surface area contributed by atoms with Crippen LogP contribution in [0.3, 0.4) is 0 Å². The van der Waals surface area contributed by atoms with Crippen LogP contribution < -0.4 is 17.0 Å². The third-order valence-electron chi connectivity index (χ3n) is 2.65. The smallest absolute Gasteiger partial charge is 0.178 e. The first-order valence-corrected chi connectivity index (χ1v) is 5.35. The lowest BCUT2D eigenvalue weighted by Gasteiger charge is -2.00. The van der Waals surface area contributed by atoms with Crippen molar-refractivity contribution in [2.75, 3.05) is 0 Å². The molecule has 16 heavy (non-hydrogen) atoms. The van der Waals surface area contributed by atoms with Gasteiger partial charge in [0.05, 0.1) is 0 Å². The van der Waals surface area contributed by atoms with Crippen LogP contribution in [-0.2, 0) is 13.0 Å². The van der Waals surface area contributed by atoms with E-state index in [0.29, 0.717) is 0 Å². The first-order chi connectivity index (χ1) is 7.36. The second-order valence-corrected chi connectivity index (χ2v) is 3.77. The lowest BCUT2D eigenvalue weighted by Crippen LogP contribution is -3.00. The lowest BCUT2D eigenvalue weighted by molar-refractivity contribution is -0.702. The van der Waals surface area contributed by atoms with Crippen molar-refractivity contribution in [3.63, 3.8) is 0 Å². The van der Waals surface area contributed by atoms with Crippen molar-refractivity contribution in [3.8, 4) is 0 Å². The Morgan fingerprint density at radius 1 is 0.938 bits per heavy atom. The zero-order valence-electron chi connectivity index (χ0n) is 9.44. The van der Waals surface area contributed by atoms with Gasteiger partial charge in [-0.15, -0.1) is 0 Å². The Labute approximate surface area is 103 Å². The van der Waals surface area contributed by atoms with E-state index in [1.165, 1.54) is 11.3 Å². The third-order valence-corrected chi connectivity index (χ3v) is 2.65. The van der Waals surface area contributed by atoms with Gasteiger partial charge in [0.25, 0.3) is 0 Å². The summed E-state index contributed by atoms with van der Waals surface area (Å²) in [4.78, 5) is 0. The molecule has 0 atom stereocenters. The van der Waals surface area contributed by atoms with E-state index in [1.54, 1.807) is 0 Å². The Hall–Kier alpha value is -1.34. The summed E-state index contributed by atoms with van der Waals surface area (Å²) >= 11 is 0. The molecule has 2 rings (SSSR count). The molecule has 1 aromatic carbocycles. The molecule has 0 saturated carbocycles. The van der Waals surface area contributed by atoms with Gasteiger partial charge in [-0.3, -0.25) is 0 Å². The molecule has 0 amide bonds. The summed E-state index contributed by atoms with van der Waals surface area (Å²) in [5.74, 6) is 0. The van der Waals surface area contributed by atoms with Crippen molar-refractivity contribution < 1.29 is 17.0 Å². The van der Waals surface area contributed by atoms with Crippen LogP contribution in [0.25, 0.3) is 0 Å². The quantitative estimate of drug-likeness (QED) is 0.632. The molecule has 1 aromatic heterocycles. The van der Waals surface area contributed by atoms with E-state index in [9.17, 15) is 0 Å². The predicted molar refractivity (Wildman–Crippen MR) is 61.5 cm³/mol. The topological polar surface area (TPSA) is 3.88 Å². The molecule has 1 heterocycles. The summed E-state index contributed by atoms with van der Waals surface area (Å²) in [6, 6.07) is 16.9. The Bertz CT molecular complexity index is 426. The van der Waals surface area contributed by atoms with Crippen LogP contribution in [0.1, 0.15) is 11.3 Å². The van der Waals surface area contributed by atoms with E-state index >= 15 is 0 Å². The Kier molecular flexibility index (Phi) is 5.00. The van der Waals surface area contributed by atoms with Gasteiger partial charge < -0.3 is 12.4 Å². The molecular weight excluding hydrogens is 218 g/mol. The minimum Gasteiger partial charge on any atom is -1.00 e. The molecule has 84 valence electrons. The molecule has 0 spiro atoms. The third kappa shape index (κ3) is 3.35. The molecule has 0 saturated heterocycles. The summed E-state index contributed by atoms with van der Waals surface area (Å²) in [5, 5.41) is 0. The molecule has 2 aromatic rings. The van der Waals surface area contributed by atoms with Crippen molar-refractivity contribution >= 4 is 0 Å². The lowest BCUT2D eigenvalue weighted by atomic mass is 10.1. The molecule has 0 aliphatic rings. The average molecular weight is 234 g/mol. The fraction of sp³-hybridized carbons (Fsp3) is 0.214. The fourth-order valence-corrected chi connectivity index (χ4v) is 1.71. The zero-order valence-corrected chi connectivity index (χ0v) is 10.2. The highest BCUT2D eigenvalue weighted by Crippen LogP contribution is 1.99. The van der Waals surface area contributed by atoms with Crippen LogP contribution in [0, 0.1) is 6.92 Å². The minimum absolute atomic E-state index is 0. The van der Waals surface area contributed by atoms with Crippen LogP contribution in [0.5, 0.6) is 0 Å². The first kappa shape index (κ1) is 12.7. The SMILES string of the molecule is Cc1cccc[n+]1CCc1ccccc1.[Cl-]. The van der Waals surface area contributed by atoms with E-state index in [4.69, 9.17) is 0 Å². The molecule has 0 aliphatic heterocycles. The van der Waals surface area contributed by atoms with Crippen LogP contribution in [-0.4, -0.2) is 0 Å². The highest BCUT2D eigenvalue weighted by molar-refractivity contribution is 5.14. The van der Waals surface area contributed by atoms with E-state index in [0.717, 1.165) is 13.0 Å². The molecule has 0 fully saturated rings. The van der Waals surface area contributed by atoms with Gasteiger partial charge in [0.2, 0.25) is 0 Å². The molecule has 1 nitrogen and oxygen atoms in total. The second kappa shape index (κ2) is 6.29. The summed E-state index contributed by atoms with van der Waals surface area (Å²) in [6.45, 7) is 3.20. The first-order valence-electron chi connectivity index (χ1n) is 5.35. The van der Waals surface area contributed by atoms with Gasteiger partial charge in [0.1, 0.15) is 0 Å². The number of hydrogen-bond acceptors (Lipinski definition) is 0. The number of hydrogen-bond donors (Lipinski definition) is 0. The van der Waals surface area contributed by atoms with Gasteiger partial charge in [-0.1, -0.05) is 36.4 Å². The standard InChI is InChI=1S/C14H16N.ClH/c1-13-7-5-6-11-15(13)12-10-14-8-3-2-4-9-14;/h2-9,11H,10,12H2,1H3;1H/q+1;/p-1. The molecule has 0 N–H and O–H groups in total. The van der Waals surface area contributed by atoms with Crippen molar-refractivity contribution in [3.05, 3.63) is 66.0 Å². The molecular formula is C14H16ClN. The molecule has 0 radical (unpaired) electrons. The maximum atomic E-state index is 2.28. The Balaban J connectivity index is 0.00000128. The van der Waals surface area contributed by atoms with Crippen LogP contribution in [0.15, 0.2) is 54.7 Å². The van der Waals surface area contributed by atoms with Crippen molar-refractivity contribution in [1.82, 2.24) is 0 Å². The van der Waals surface area contributed by atoms with Crippen LogP contribution in [0.2, 0.25) is 0 Å². The summed E-state index contributed by atoms with van der Waals surface area (Å²) < 4.78 is 2.28. The van der Waals surface area contributed by atoms with E-state index < -0.39 is 0 Å². The second-order valence-electron chi connectivity index (χ2n) is 3.77. The van der Waals surface area contributed by atoms with Gasteiger partial charge in [0.15, 0.2) is 18.4 Å². The number of aryl methyl sites for hydroxylation is 3. The van der Waals surface area contributed by atoms with E-state index in [2.05, 4.69) is 66.2 Å². The van der Waals surface area contributed by atoms with E-state index in [1.807, 2.05) is 0 Å². The Morgan fingerprint density at radius 3 is 2.31 bits per heavy atom. The minimum atomic E-state index is 0. The van der Waals surface area contributed by atoms with Gasteiger partial charge in [-0.05, 0) is 5.56 Å². The molecule has 0 bridgehead atoms. The molecule has 2 heteroatoms. The zero-order chi connectivity index (χ0) is 10.5. The highest BCUT2D eigenvalue weighted by atomic mass is 35.5.